The van der Waals surface area contributed by atoms with Gasteiger partial charge in [0.25, 0.3) is 5.91 Å². The molecule has 3 aromatic carbocycles. The minimum absolute atomic E-state index is 0.137. The molecule has 0 unspecified atom stereocenters. The van der Waals surface area contributed by atoms with E-state index >= 15 is 0 Å². The summed E-state index contributed by atoms with van der Waals surface area (Å²) in [6, 6.07) is 23.4. The number of rotatable bonds is 10. The number of amides is 2. The van der Waals surface area contributed by atoms with Gasteiger partial charge in [-0.1, -0.05) is 84.6 Å². The summed E-state index contributed by atoms with van der Waals surface area (Å²) in [6.07, 6.45) is 4.51. The molecule has 0 radical (unpaired) electrons. The number of ether oxygens (including phenoxy) is 1. The van der Waals surface area contributed by atoms with E-state index in [1.165, 1.54) is 0 Å². The van der Waals surface area contributed by atoms with E-state index in [2.05, 4.69) is 5.32 Å². The molecule has 0 saturated heterocycles. The van der Waals surface area contributed by atoms with Crippen molar-refractivity contribution in [1.82, 2.24) is 10.2 Å². The standard InChI is InChI=1S/C29H30Cl2N2O3/c30-23-14-16-25(17-15-23)36-20-28(34)33(19-22-10-4-7-13-26(22)31)27(18-21-8-2-1-3-9-21)29(35)32-24-11-5-6-12-24/h1-4,7-10,13-17,24,27H,5-6,11-12,18-20H2,(H,32,35)/t27-/m1/s1. The zero-order valence-electron chi connectivity index (χ0n) is 20.0. The third-order valence-corrected chi connectivity index (χ3v) is 7.07. The fourth-order valence-corrected chi connectivity index (χ4v) is 4.81. The molecule has 1 aliphatic carbocycles. The molecule has 36 heavy (non-hydrogen) atoms. The lowest BCUT2D eigenvalue weighted by Gasteiger charge is -2.32. The number of carbonyl (C=O) groups is 2. The lowest BCUT2D eigenvalue weighted by molar-refractivity contribution is -0.143. The largest absolute Gasteiger partial charge is 0.484 e. The van der Waals surface area contributed by atoms with Gasteiger partial charge in [-0.2, -0.15) is 0 Å². The molecule has 188 valence electrons. The van der Waals surface area contributed by atoms with Crippen LogP contribution < -0.4 is 10.1 Å². The van der Waals surface area contributed by atoms with Crippen LogP contribution in [0.5, 0.6) is 5.75 Å². The molecule has 1 fully saturated rings. The van der Waals surface area contributed by atoms with E-state index in [-0.39, 0.29) is 31.0 Å². The monoisotopic (exact) mass is 524 g/mol. The molecule has 1 aliphatic rings. The van der Waals surface area contributed by atoms with E-state index in [4.69, 9.17) is 27.9 Å². The Balaban J connectivity index is 1.61. The first-order valence-electron chi connectivity index (χ1n) is 12.2. The molecule has 5 nitrogen and oxygen atoms in total. The van der Waals surface area contributed by atoms with E-state index in [0.717, 1.165) is 36.8 Å². The van der Waals surface area contributed by atoms with Gasteiger partial charge >= 0.3 is 0 Å². The van der Waals surface area contributed by atoms with E-state index in [0.29, 0.717) is 22.2 Å². The molecule has 3 aromatic rings. The maximum Gasteiger partial charge on any atom is 0.261 e. The Morgan fingerprint density at radius 2 is 1.58 bits per heavy atom. The summed E-state index contributed by atoms with van der Waals surface area (Å²) in [6.45, 7) is -0.0217. The lowest BCUT2D eigenvalue weighted by Crippen LogP contribution is -2.53. The second-order valence-corrected chi connectivity index (χ2v) is 9.89. The van der Waals surface area contributed by atoms with Crippen LogP contribution in [-0.2, 0) is 22.6 Å². The topological polar surface area (TPSA) is 58.6 Å². The van der Waals surface area contributed by atoms with Crippen molar-refractivity contribution in [2.75, 3.05) is 6.61 Å². The van der Waals surface area contributed by atoms with E-state index in [1.54, 1.807) is 35.2 Å². The van der Waals surface area contributed by atoms with Crippen molar-refractivity contribution in [3.05, 3.63) is 100 Å². The predicted octanol–water partition coefficient (Wildman–Crippen LogP) is 6.07. The van der Waals surface area contributed by atoms with Crippen LogP contribution in [-0.4, -0.2) is 35.4 Å². The van der Waals surface area contributed by atoms with Gasteiger partial charge in [-0.05, 0) is 54.3 Å². The second kappa shape index (κ2) is 12.8. The Labute approximate surface area is 222 Å². The van der Waals surface area contributed by atoms with Gasteiger partial charge in [0, 0.05) is 29.1 Å². The normalized spacial score (nSPS) is 14.3. The molecule has 1 N–H and O–H groups in total. The van der Waals surface area contributed by atoms with Crippen molar-refractivity contribution < 1.29 is 14.3 Å². The Kier molecular flexibility index (Phi) is 9.26. The first-order chi connectivity index (χ1) is 17.5. The number of hydrogen-bond acceptors (Lipinski definition) is 3. The van der Waals surface area contributed by atoms with Gasteiger partial charge in [0.1, 0.15) is 11.8 Å². The Bertz CT molecular complexity index is 1150. The van der Waals surface area contributed by atoms with Crippen LogP contribution in [0.4, 0.5) is 0 Å². The van der Waals surface area contributed by atoms with Crippen LogP contribution in [0, 0.1) is 0 Å². The molecule has 0 heterocycles. The smallest absolute Gasteiger partial charge is 0.261 e. The van der Waals surface area contributed by atoms with E-state index in [1.807, 2.05) is 48.5 Å². The Hall–Kier alpha value is -3.02. The highest BCUT2D eigenvalue weighted by Gasteiger charge is 2.32. The van der Waals surface area contributed by atoms with Crippen molar-refractivity contribution in [2.45, 2.75) is 50.7 Å². The van der Waals surface area contributed by atoms with Crippen molar-refractivity contribution in [2.24, 2.45) is 0 Å². The highest BCUT2D eigenvalue weighted by atomic mass is 35.5. The van der Waals surface area contributed by atoms with Crippen LogP contribution in [0.1, 0.15) is 36.8 Å². The lowest BCUT2D eigenvalue weighted by atomic mass is 10.0. The molecular weight excluding hydrogens is 495 g/mol. The number of nitrogens with one attached hydrogen (secondary N) is 1. The zero-order valence-corrected chi connectivity index (χ0v) is 21.5. The van der Waals surface area contributed by atoms with Gasteiger partial charge < -0.3 is 15.0 Å². The third-order valence-electron chi connectivity index (χ3n) is 6.45. The fraction of sp³-hybridized carbons (Fsp3) is 0.310. The van der Waals surface area contributed by atoms with Crippen molar-refractivity contribution >= 4 is 35.0 Å². The first-order valence-corrected chi connectivity index (χ1v) is 13.0. The van der Waals surface area contributed by atoms with Crippen LogP contribution >= 0.6 is 23.2 Å². The summed E-state index contributed by atoms with van der Waals surface area (Å²) in [5, 5.41) is 4.32. The molecule has 1 atom stereocenters. The third kappa shape index (κ3) is 7.25. The Morgan fingerprint density at radius 1 is 0.917 bits per heavy atom. The molecule has 0 spiro atoms. The molecule has 7 heteroatoms. The highest BCUT2D eigenvalue weighted by molar-refractivity contribution is 6.31. The van der Waals surface area contributed by atoms with Crippen molar-refractivity contribution in [1.29, 1.82) is 0 Å². The average Bonchev–Trinajstić information content (AvgIpc) is 3.40. The minimum Gasteiger partial charge on any atom is -0.484 e. The SMILES string of the molecule is O=C(NC1CCCC1)[C@@H](Cc1ccccc1)N(Cc1ccccc1Cl)C(=O)COc1ccc(Cl)cc1. The number of halogens is 2. The number of hydrogen-bond donors (Lipinski definition) is 1. The van der Waals surface area contributed by atoms with Crippen LogP contribution in [0.3, 0.4) is 0 Å². The summed E-state index contributed by atoms with van der Waals surface area (Å²) in [5.74, 6) is 0.0745. The summed E-state index contributed by atoms with van der Waals surface area (Å²) in [5.41, 5.74) is 1.74. The highest BCUT2D eigenvalue weighted by Crippen LogP contribution is 2.23. The molecule has 0 aliphatic heterocycles. The zero-order chi connectivity index (χ0) is 25.3. The average molecular weight is 525 g/mol. The van der Waals surface area contributed by atoms with Gasteiger partial charge in [0.15, 0.2) is 6.61 Å². The molecular formula is C29H30Cl2N2O3. The molecule has 4 rings (SSSR count). The summed E-state index contributed by atoms with van der Waals surface area (Å²) >= 11 is 12.4. The van der Waals surface area contributed by atoms with E-state index in [9.17, 15) is 9.59 Å². The summed E-state index contributed by atoms with van der Waals surface area (Å²) in [7, 11) is 0. The van der Waals surface area contributed by atoms with Gasteiger partial charge in [-0.3, -0.25) is 9.59 Å². The number of nitrogens with zero attached hydrogens (tertiary/aromatic N) is 1. The maximum atomic E-state index is 13.6. The summed E-state index contributed by atoms with van der Waals surface area (Å²) in [4.78, 5) is 28.9. The minimum atomic E-state index is -0.717. The van der Waals surface area contributed by atoms with Crippen LogP contribution in [0.2, 0.25) is 10.0 Å². The van der Waals surface area contributed by atoms with Crippen LogP contribution in [0.25, 0.3) is 0 Å². The maximum absolute atomic E-state index is 13.6. The van der Waals surface area contributed by atoms with Crippen LogP contribution in [0.15, 0.2) is 78.9 Å². The van der Waals surface area contributed by atoms with Gasteiger partial charge in [0.2, 0.25) is 5.91 Å². The summed E-state index contributed by atoms with van der Waals surface area (Å²) < 4.78 is 5.77. The molecule has 2 amide bonds. The molecule has 1 saturated carbocycles. The van der Waals surface area contributed by atoms with Gasteiger partial charge in [-0.25, -0.2) is 0 Å². The number of carbonyl (C=O) groups excluding carboxylic acids is 2. The van der Waals surface area contributed by atoms with Crippen molar-refractivity contribution in [3.8, 4) is 5.75 Å². The predicted molar refractivity (Wildman–Crippen MR) is 143 cm³/mol. The van der Waals surface area contributed by atoms with Gasteiger partial charge in [-0.15, -0.1) is 0 Å². The quantitative estimate of drug-likeness (QED) is 0.350. The fourth-order valence-electron chi connectivity index (χ4n) is 4.49. The second-order valence-electron chi connectivity index (χ2n) is 9.05. The van der Waals surface area contributed by atoms with Gasteiger partial charge in [0.05, 0.1) is 0 Å². The Morgan fingerprint density at radius 3 is 2.28 bits per heavy atom. The van der Waals surface area contributed by atoms with E-state index < -0.39 is 6.04 Å². The molecule has 0 bridgehead atoms. The first kappa shape index (κ1) is 26.1. The molecule has 0 aromatic heterocycles. The van der Waals surface area contributed by atoms with Crippen molar-refractivity contribution in [3.63, 3.8) is 0 Å². The number of benzene rings is 3.